The summed E-state index contributed by atoms with van der Waals surface area (Å²) >= 11 is 3.59. The van der Waals surface area contributed by atoms with E-state index in [2.05, 4.69) is 12.2 Å². The van der Waals surface area contributed by atoms with E-state index in [1.807, 2.05) is 0 Å². The van der Waals surface area contributed by atoms with Crippen molar-refractivity contribution in [2.45, 2.75) is 0 Å². The second kappa shape index (κ2) is 88.1. The van der Waals surface area contributed by atoms with Gasteiger partial charge in [-0.2, -0.15) is 23.1 Å². The van der Waals surface area contributed by atoms with Gasteiger partial charge in [-0.25, -0.2) is 4.79 Å². The van der Waals surface area contributed by atoms with Crippen molar-refractivity contribution in [1.29, 1.82) is 0 Å². The molecule has 0 aromatic carbocycles. The van der Waals surface area contributed by atoms with Crippen molar-refractivity contribution in [1.82, 2.24) is 0 Å². The van der Waals surface area contributed by atoms with Crippen LogP contribution in [0.3, 0.4) is 0 Å². The second-order valence-electron chi connectivity index (χ2n) is 0.167. The van der Waals surface area contributed by atoms with Gasteiger partial charge in [0.2, 0.25) is 5.23 Å². The Balaban J connectivity index is -0.0000000160. The third-order valence-electron chi connectivity index (χ3n) is 0. The molecular weight excluding hydrogens is 152 g/mol. The summed E-state index contributed by atoms with van der Waals surface area (Å²) in [5.41, 5.74) is 0. The minimum Gasteiger partial charge on any atom is -0.412 e. The van der Waals surface area contributed by atoms with E-state index in [9.17, 15) is 0 Å². The number of carbonyl (C=O) groups excluding carboxylic acids is 3. The van der Waals surface area contributed by atoms with E-state index in [-0.39, 0.29) is 25.1 Å². The SMILES string of the molecule is O.O=C=O.O=C=S.S. The first-order valence-corrected chi connectivity index (χ1v) is 1.22. The lowest BCUT2D eigenvalue weighted by Gasteiger charge is -0.970. The molecule has 0 fully saturated rings. The van der Waals surface area contributed by atoms with Crippen LogP contribution in [0.5, 0.6) is 0 Å². The molecule has 0 aliphatic heterocycles. The largest absolute Gasteiger partial charge is 0.412 e. The summed E-state index contributed by atoms with van der Waals surface area (Å²) in [4.78, 5) is 24.7. The Bertz CT molecular complexity index is 66.0. The lowest BCUT2D eigenvalue weighted by molar-refractivity contribution is -0.191. The van der Waals surface area contributed by atoms with E-state index in [4.69, 9.17) is 14.4 Å². The molecule has 8 heavy (non-hydrogen) atoms. The van der Waals surface area contributed by atoms with E-state index in [1.54, 1.807) is 0 Å². The van der Waals surface area contributed by atoms with Gasteiger partial charge in [-0.05, 0) is 0 Å². The van der Waals surface area contributed by atoms with E-state index in [0.717, 1.165) is 5.23 Å². The molecule has 0 radical (unpaired) electrons. The zero-order valence-corrected chi connectivity index (χ0v) is 5.45. The molecule has 2 N–H and O–H groups in total. The van der Waals surface area contributed by atoms with Crippen LogP contribution in [0, 0.1) is 0 Å². The molecule has 0 spiro atoms. The van der Waals surface area contributed by atoms with Crippen LogP contribution in [-0.4, -0.2) is 16.9 Å². The zero-order valence-electron chi connectivity index (χ0n) is 3.63. The van der Waals surface area contributed by atoms with Crippen LogP contribution in [0.4, 0.5) is 0 Å². The van der Waals surface area contributed by atoms with Crippen molar-refractivity contribution in [2.75, 3.05) is 0 Å². The fraction of sp³-hybridized carbons (Fsp3) is 0. The molecule has 0 heterocycles. The Hall–Kier alpha value is -0.510. The molecule has 0 unspecified atom stereocenters. The summed E-state index contributed by atoms with van der Waals surface area (Å²) in [5.74, 6) is 0. The normalized spacial score (nSPS) is 2.00. The first-order chi connectivity index (χ1) is 2.83. The molecule has 6 heteroatoms. The van der Waals surface area contributed by atoms with Gasteiger partial charge in [0.25, 0.3) is 0 Å². The topological polar surface area (TPSA) is 82.7 Å². The molecule has 48 valence electrons. The quantitative estimate of drug-likeness (QED) is 0.419. The Morgan fingerprint density at radius 2 is 1.12 bits per heavy atom. The zero-order chi connectivity index (χ0) is 5.41. The van der Waals surface area contributed by atoms with Gasteiger partial charge < -0.3 is 5.48 Å². The van der Waals surface area contributed by atoms with Gasteiger partial charge in [0.15, 0.2) is 0 Å². The fourth-order valence-electron chi connectivity index (χ4n) is 0. The van der Waals surface area contributed by atoms with Crippen molar-refractivity contribution in [3.05, 3.63) is 0 Å². The molecule has 0 rings (SSSR count). The van der Waals surface area contributed by atoms with Crippen LogP contribution in [-0.2, 0) is 14.4 Å². The average Bonchev–Trinajstić information content (AvgIpc) is 1.39. The van der Waals surface area contributed by atoms with Gasteiger partial charge in [-0.1, -0.05) is 0 Å². The fourth-order valence-corrected chi connectivity index (χ4v) is 0. The predicted octanol–water partition coefficient (Wildman–Crippen LogP) is -1.04. The summed E-state index contributed by atoms with van der Waals surface area (Å²) < 4.78 is 0. The predicted molar refractivity (Wildman–Crippen MR) is 32.3 cm³/mol. The Labute approximate surface area is 57.6 Å². The average molecular weight is 156 g/mol. The molecule has 0 atom stereocenters. The molecular formula is C2H4O4S2. The van der Waals surface area contributed by atoms with Gasteiger partial charge in [0.05, 0.1) is 0 Å². The van der Waals surface area contributed by atoms with Crippen molar-refractivity contribution in [2.24, 2.45) is 0 Å². The van der Waals surface area contributed by atoms with Gasteiger partial charge in [0.1, 0.15) is 0 Å². The van der Waals surface area contributed by atoms with Crippen molar-refractivity contribution in [3.63, 3.8) is 0 Å². The van der Waals surface area contributed by atoms with Gasteiger partial charge in [-0.3, -0.25) is 0 Å². The summed E-state index contributed by atoms with van der Waals surface area (Å²) in [6.45, 7) is 0. The van der Waals surface area contributed by atoms with E-state index in [1.165, 1.54) is 0 Å². The molecule has 0 aliphatic rings. The monoisotopic (exact) mass is 156 g/mol. The molecule has 0 saturated carbocycles. The summed E-state index contributed by atoms with van der Waals surface area (Å²) in [6, 6.07) is 0. The molecule has 0 amide bonds. The maximum atomic E-state index is 8.50. The summed E-state index contributed by atoms with van der Waals surface area (Å²) in [7, 11) is 0. The first-order valence-electron chi connectivity index (χ1n) is 0.816. The van der Waals surface area contributed by atoms with Crippen LogP contribution in [0.1, 0.15) is 0 Å². The molecule has 0 aliphatic carbocycles. The van der Waals surface area contributed by atoms with Crippen LogP contribution >= 0.6 is 25.7 Å². The minimum atomic E-state index is 0. The highest BCUT2D eigenvalue weighted by molar-refractivity contribution is 7.78. The van der Waals surface area contributed by atoms with E-state index < -0.39 is 0 Å². The van der Waals surface area contributed by atoms with Crippen LogP contribution in [0.2, 0.25) is 0 Å². The Morgan fingerprint density at radius 3 is 1.12 bits per heavy atom. The lowest BCUT2D eigenvalue weighted by Crippen LogP contribution is -1.22. The van der Waals surface area contributed by atoms with E-state index >= 15 is 0 Å². The number of thiocarbonyl (C=S) groups is 1. The van der Waals surface area contributed by atoms with Crippen LogP contribution < -0.4 is 0 Å². The maximum absolute atomic E-state index is 8.50. The van der Waals surface area contributed by atoms with Gasteiger partial charge >= 0.3 is 6.15 Å². The van der Waals surface area contributed by atoms with Crippen molar-refractivity contribution in [3.8, 4) is 0 Å². The Kier molecular flexibility index (Phi) is 285. The minimum absolute atomic E-state index is 0. The maximum Gasteiger partial charge on any atom is 0.373 e. The molecule has 4 nitrogen and oxygen atoms in total. The third kappa shape index (κ3) is 426. The highest BCUT2D eigenvalue weighted by Gasteiger charge is 1.13. The number of hydrogen-bond acceptors (Lipinski definition) is 4. The highest BCUT2D eigenvalue weighted by Crippen LogP contribution is 1.14. The molecule has 0 bridgehead atoms. The number of rotatable bonds is 0. The van der Waals surface area contributed by atoms with Crippen LogP contribution in [0.15, 0.2) is 0 Å². The number of hydrogen-bond donors (Lipinski definition) is 0. The van der Waals surface area contributed by atoms with Gasteiger partial charge in [-0.15, -0.1) is 0 Å². The highest BCUT2D eigenvalue weighted by atomic mass is 32.1. The third-order valence-corrected chi connectivity index (χ3v) is 0. The summed E-state index contributed by atoms with van der Waals surface area (Å²) in [6.07, 6.45) is 0.250. The van der Waals surface area contributed by atoms with Gasteiger partial charge in [0, 0.05) is 12.2 Å². The smallest absolute Gasteiger partial charge is 0.373 e. The summed E-state index contributed by atoms with van der Waals surface area (Å²) in [5, 5.41) is 1.08. The van der Waals surface area contributed by atoms with Crippen molar-refractivity contribution < 1.29 is 19.9 Å². The van der Waals surface area contributed by atoms with E-state index in [0.29, 0.717) is 0 Å². The first kappa shape index (κ1) is 25.9. The van der Waals surface area contributed by atoms with Crippen molar-refractivity contribution >= 4 is 37.1 Å². The second-order valence-corrected chi connectivity index (χ2v) is 0.333. The lowest BCUT2D eigenvalue weighted by atomic mass is 11.8. The van der Waals surface area contributed by atoms with Crippen LogP contribution in [0.25, 0.3) is 0 Å². The molecule has 0 aromatic rings. The standard InChI is InChI=1S/CO2.COS.H2O.H2S/c2*2-1-3;;/h;;2*1H2. The molecule has 0 saturated heterocycles. The Morgan fingerprint density at radius 1 is 1.12 bits per heavy atom. The molecule has 0 aromatic heterocycles.